The van der Waals surface area contributed by atoms with E-state index in [9.17, 15) is 21.6 Å². The lowest BCUT2D eigenvalue weighted by Gasteiger charge is -2.30. The van der Waals surface area contributed by atoms with Gasteiger partial charge in [0.1, 0.15) is 17.4 Å². The number of halogens is 3. The highest BCUT2D eigenvalue weighted by atomic mass is 32.2. The predicted molar refractivity (Wildman–Crippen MR) is 130 cm³/mol. The first-order chi connectivity index (χ1) is 17.2. The van der Waals surface area contributed by atoms with Crippen molar-refractivity contribution in [3.8, 4) is 5.75 Å². The van der Waals surface area contributed by atoms with E-state index in [-0.39, 0.29) is 22.0 Å². The molecule has 0 bridgehead atoms. The molecule has 5 rings (SSSR count). The van der Waals surface area contributed by atoms with Crippen molar-refractivity contribution in [1.29, 1.82) is 0 Å². The minimum atomic E-state index is -4.43. The Morgan fingerprint density at radius 3 is 2.58 bits per heavy atom. The average molecular weight is 539 g/mol. The highest BCUT2D eigenvalue weighted by Crippen LogP contribution is 2.42. The Morgan fingerprint density at radius 1 is 1.06 bits per heavy atom. The van der Waals surface area contributed by atoms with Crippen LogP contribution in [0.2, 0.25) is 0 Å². The third-order valence-corrected chi connectivity index (χ3v) is 8.72. The molecule has 7 nitrogen and oxygen atoms in total. The number of hydrogen-bond donors (Lipinski definition) is 2. The maximum atomic E-state index is 13.5. The van der Waals surface area contributed by atoms with Crippen molar-refractivity contribution in [2.45, 2.75) is 55.2 Å². The van der Waals surface area contributed by atoms with Crippen LogP contribution in [0.25, 0.3) is 0 Å². The van der Waals surface area contributed by atoms with Crippen LogP contribution in [0.5, 0.6) is 5.75 Å². The van der Waals surface area contributed by atoms with Crippen molar-refractivity contribution in [1.82, 2.24) is 15.5 Å². The second kappa shape index (κ2) is 9.98. The van der Waals surface area contributed by atoms with E-state index in [1.54, 1.807) is 12.1 Å². The van der Waals surface area contributed by atoms with Gasteiger partial charge in [-0.15, -0.1) is 10.2 Å². The monoisotopic (exact) mass is 538 g/mol. The molecule has 1 aliphatic carbocycles. The molecular weight excluding hydrogens is 513 g/mol. The molecule has 1 aliphatic heterocycles. The number of piperidine rings is 1. The summed E-state index contributed by atoms with van der Waals surface area (Å²) in [7, 11) is -3.83. The van der Waals surface area contributed by atoms with E-state index in [0.29, 0.717) is 24.2 Å². The summed E-state index contributed by atoms with van der Waals surface area (Å²) in [4.78, 5) is 0.113. The van der Waals surface area contributed by atoms with Crippen LogP contribution < -0.4 is 14.8 Å². The van der Waals surface area contributed by atoms with E-state index in [4.69, 9.17) is 4.74 Å². The molecule has 1 saturated heterocycles. The normalized spacial score (nSPS) is 19.0. The number of nitrogens with zero attached hydrogens (tertiary/aromatic N) is 2. The first-order valence-corrected chi connectivity index (χ1v) is 14.1. The second-order valence-electron chi connectivity index (χ2n) is 8.98. The summed E-state index contributed by atoms with van der Waals surface area (Å²) in [6.07, 6.45) is -1.18. The number of ether oxygens (including phenoxy) is 1. The number of aromatic nitrogens is 2. The van der Waals surface area contributed by atoms with Gasteiger partial charge < -0.3 is 10.1 Å². The van der Waals surface area contributed by atoms with Gasteiger partial charge in [-0.3, -0.25) is 4.72 Å². The Labute approximate surface area is 211 Å². The molecule has 0 amide bonds. The fourth-order valence-electron chi connectivity index (χ4n) is 4.86. The molecule has 3 aromatic rings. The molecule has 0 radical (unpaired) electrons. The molecule has 0 saturated carbocycles. The summed E-state index contributed by atoms with van der Waals surface area (Å²) >= 11 is 1.08. The lowest BCUT2D eigenvalue weighted by molar-refractivity contribution is -0.137. The smallest absolute Gasteiger partial charge is 0.416 e. The van der Waals surface area contributed by atoms with E-state index >= 15 is 0 Å². The number of fused-ring (bicyclic) bond motifs is 1. The molecule has 0 spiro atoms. The van der Waals surface area contributed by atoms with E-state index in [0.717, 1.165) is 60.9 Å². The Morgan fingerprint density at radius 2 is 1.86 bits per heavy atom. The SMILES string of the molecule is O=S(=O)(Nc1nncs1)c1ccc2c(c1)CCCC2Oc1ccc(C(F)(F)F)cc1C1CCNCC1. The van der Waals surface area contributed by atoms with Crippen molar-refractivity contribution in [3.63, 3.8) is 0 Å². The predicted octanol–water partition coefficient (Wildman–Crippen LogP) is 5.28. The van der Waals surface area contributed by atoms with E-state index in [1.165, 1.54) is 23.7 Å². The minimum Gasteiger partial charge on any atom is -0.485 e. The molecule has 2 heterocycles. The number of alkyl halides is 3. The number of hydrogen-bond acceptors (Lipinski definition) is 7. The van der Waals surface area contributed by atoms with Crippen molar-refractivity contribution >= 4 is 26.5 Å². The van der Waals surface area contributed by atoms with E-state index < -0.39 is 21.8 Å². The Bertz CT molecular complexity index is 1320. The molecule has 2 N–H and O–H groups in total. The van der Waals surface area contributed by atoms with Gasteiger partial charge in [0.2, 0.25) is 5.13 Å². The Hall–Kier alpha value is -2.70. The number of anilines is 1. The molecule has 1 unspecified atom stereocenters. The van der Waals surface area contributed by atoms with Crippen molar-refractivity contribution in [2.75, 3.05) is 17.8 Å². The number of benzene rings is 2. The van der Waals surface area contributed by atoms with Gasteiger partial charge in [-0.1, -0.05) is 17.4 Å². The van der Waals surface area contributed by atoms with Crippen LogP contribution in [0.1, 0.15) is 60.0 Å². The number of nitrogens with one attached hydrogen (secondary N) is 2. The van der Waals surface area contributed by atoms with Crippen molar-refractivity contribution < 1.29 is 26.3 Å². The van der Waals surface area contributed by atoms with Gasteiger partial charge in [0.25, 0.3) is 10.0 Å². The molecule has 12 heteroatoms. The van der Waals surface area contributed by atoms with E-state index in [2.05, 4.69) is 20.2 Å². The van der Waals surface area contributed by atoms with Gasteiger partial charge in [0.05, 0.1) is 10.5 Å². The Kier molecular flexibility index (Phi) is 6.92. The first kappa shape index (κ1) is 25.0. The molecular formula is C24H25F3N4O3S2. The highest BCUT2D eigenvalue weighted by Gasteiger charge is 2.33. The minimum absolute atomic E-state index is 0.0226. The zero-order chi connectivity index (χ0) is 25.3. The third kappa shape index (κ3) is 5.35. The standard InChI is InChI=1S/C24H25F3N4O3S2/c25-24(26,27)17-4-7-22(20(13-17)15-8-10-28-11-9-15)34-21-3-1-2-16-12-18(5-6-19(16)21)36(32,33)31-23-30-29-14-35-23/h4-7,12-15,21,28H,1-3,8-11H2,(H,30,31). The van der Waals surface area contributed by atoms with E-state index in [1.807, 2.05) is 0 Å². The second-order valence-corrected chi connectivity index (χ2v) is 11.5. The molecule has 192 valence electrons. The quantitative estimate of drug-likeness (QED) is 0.444. The van der Waals surface area contributed by atoms with Crippen LogP contribution in [0.15, 0.2) is 46.8 Å². The van der Waals surface area contributed by atoms with Crippen LogP contribution in [0.3, 0.4) is 0 Å². The molecule has 2 aliphatic rings. The summed E-state index contributed by atoms with van der Waals surface area (Å²) in [6.45, 7) is 1.49. The fraction of sp³-hybridized carbons (Fsp3) is 0.417. The van der Waals surface area contributed by atoms with Gasteiger partial charge in [0, 0.05) is 0 Å². The third-order valence-electron chi connectivity index (χ3n) is 6.65. The molecule has 2 aromatic carbocycles. The zero-order valence-corrected chi connectivity index (χ0v) is 20.8. The number of rotatable bonds is 6. The highest BCUT2D eigenvalue weighted by molar-refractivity contribution is 7.93. The number of aryl methyl sites for hydroxylation is 1. The summed E-state index contributed by atoms with van der Waals surface area (Å²) in [5.74, 6) is 0.438. The largest absolute Gasteiger partial charge is 0.485 e. The van der Waals surface area contributed by atoms with Gasteiger partial charge in [-0.25, -0.2) is 8.42 Å². The van der Waals surface area contributed by atoms with Gasteiger partial charge in [0.15, 0.2) is 0 Å². The van der Waals surface area contributed by atoms with Crippen molar-refractivity contribution in [2.24, 2.45) is 0 Å². The van der Waals surface area contributed by atoms with Gasteiger partial charge >= 0.3 is 6.18 Å². The molecule has 1 atom stereocenters. The van der Waals surface area contributed by atoms with Gasteiger partial charge in [-0.05, 0) is 98.1 Å². The Balaban J connectivity index is 1.43. The number of sulfonamides is 1. The molecule has 1 fully saturated rings. The van der Waals surface area contributed by atoms with Crippen LogP contribution in [0.4, 0.5) is 18.3 Å². The lowest BCUT2D eigenvalue weighted by Crippen LogP contribution is -2.27. The van der Waals surface area contributed by atoms with Gasteiger partial charge in [-0.2, -0.15) is 13.2 Å². The van der Waals surface area contributed by atoms with Crippen LogP contribution in [0, 0.1) is 0 Å². The molecule has 36 heavy (non-hydrogen) atoms. The maximum Gasteiger partial charge on any atom is 0.416 e. The summed E-state index contributed by atoms with van der Waals surface area (Å²) < 4.78 is 74.8. The van der Waals surface area contributed by atoms with Crippen LogP contribution >= 0.6 is 11.3 Å². The first-order valence-electron chi connectivity index (χ1n) is 11.7. The lowest BCUT2D eigenvalue weighted by atomic mass is 9.87. The van der Waals surface area contributed by atoms with Crippen molar-refractivity contribution in [3.05, 3.63) is 64.2 Å². The van der Waals surface area contributed by atoms with Crippen LogP contribution in [-0.4, -0.2) is 31.7 Å². The summed E-state index contributed by atoms with van der Waals surface area (Å²) in [5.41, 5.74) is 3.05. The van der Waals surface area contributed by atoms with Crippen LogP contribution in [-0.2, 0) is 22.6 Å². The maximum absolute atomic E-state index is 13.5. The zero-order valence-electron chi connectivity index (χ0n) is 19.2. The average Bonchev–Trinajstić information content (AvgIpc) is 3.36. The summed E-state index contributed by atoms with van der Waals surface area (Å²) in [5, 5.41) is 10.8. The molecule has 1 aromatic heterocycles. The summed E-state index contributed by atoms with van der Waals surface area (Å²) in [6, 6.07) is 8.61. The fourth-order valence-corrected chi connectivity index (χ4v) is 6.61. The topological polar surface area (TPSA) is 93.2 Å².